The van der Waals surface area contributed by atoms with Gasteiger partial charge >= 0.3 is 0 Å². The maximum absolute atomic E-state index is 12.6. The van der Waals surface area contributed by atoms with E-state index in [1.807, 2.05) is 37.3 Å². The van der Waals surface area contributed by atoms with Gasteiger partial charge < -0.3 is 15.0 Å². The minimum atomic E-state index is -0.0375. The maximum Gasteiger partial charge on any atom is 0.263 e. The van der Waals surface area contributed by atoms with Gasteiger partial charge in [-0.25, -0.2) is 0 Å². The highest BCUT2D eigenvalue weighted by atomic mass is 32.1. The van der Waals surface area contributed by atoms with Crippen LogP contribution in [0.15, 0.2) is 30.3 Å². The summed E-state index contributed by atoms with van der Waals surface area (Å²) in [4.78, 5) is 28.4. The summed E-state index contributed by atoms with van der Waals surface area (Å²) in [6, 6.07) is 9.77. The van der Waals surface area contributed by atoms with Crippen LogP contribution >= 0.6 is 11.3 Å². The number of fused-ring (bicyclic) bond motifs is 1. The van der Waals surface area contributed by atoms with Crippen LogP contribution in [0.5, 0.6) is 5.75 Å². The van der Waals surface area contributed by atoms with Gasteiger partial charge in [-0.1, -0.05) is 12.1 Å². The first-order chi connectivity index (χ1) is 13.0. The van der Waals surface area contributed by atoms with Crippen molar-refractivity contribution in [1.82, 2.24) is 10.2 Å². The highest BCUT2D eigenvalue weighted by Gasteiger charge is 2.27. The van der Waals surface area contributed by atoms with Crippen molar-refractivity contribution >= 4 is 23.2 Å². The van der Waals surface area contributed by atoms with Crippen LogP contribution in [0, 0.1) is 5.92 Å². The zero-order valence-electron chi connectivity index (χ0n) is 16.1. The summed E-state index contributed by atoms with van der Waals surface area (Å²) in [5.41, 5.74) is 2.18. The molecule has 1 N–H and O–H groups in total. The lowest BCUT2D eigenvalue weighted by molar-refractivity contribution is -0.125. The zero-order chi connectivity index (χ0) is 19.4. The van der Waals surface area contributed by atoms with Crippen molar-refractivity contribution in [2.24, 2.45) is 5.92 Å². The van der Waals surface area contributed by atoms with Gasteiger partial charge in [-0.2, -0.15) is 0 Å². The van der Waals surface area contributed by atoms with Crippen LogP contribution in [-0.2, 0) is 24.2 Å². The molecule has 0 bridgehead atoms. The summed E-state index contributed by atoms with van der Waals surface area (Å²) >= 11 is 1.57. The summed E-state index contributed by atoms with van der Waals surface area (Å²) < 4.78 is 5.50. The fourth-order valence-corrected chi connectivity index (χ4v) is 4.55. The summed E-state index contributed by atoms with van der Waals surface area (Å²) in [5, 5.41) is 3.05. The van der Waals surface area contributed by atoms with E-state index in [9.17, 15) is 9.59 Å². The van der Waals surface area contributed by atoms with Crippen molar-refractivity contribution in [3.8, 4) is 5.75 Å². The van der Waals surface area contributed by atoms with Crippen LogP contribution in [-0.4, -0.2) is 37.4 Å². The van der Waals surface area contributed by atoms with Gasteiger partial charge in [0, 0.05) is 31.4 Å². The molecule has 3 rings (SSSR count). The van der Waals surface area contributed by atoms with Crippen molar-refractivity contribution < 1.29 is 14.3 Å². The number of carbonyl (C=O) groups is 2. The molecule has 1 heterocycles. The monoisotopic (exact) mass is 386 g/mol. The zero-order valence-corrected chi connectivity index (χ0v) is 16.9. The number of thiophene rings is 1. The third-order valence-electron chi connectivity index (χ3n) is 4.75. The lowest BCUT2D eigenvalue weighted by atomic mass is 9.87. The molecule has 6 heteroatoms. The van der Waals surface area contributed by atoms with Crippen molar-refractivity contribution in [2.45, 2.75) is 32.7 Å². The average molecular weight is 387 g/mol. The Hall–Kier alpha value is -2.34. The number of amides is 2. The number of ether oxygens (including phenoxy) is 1. The molecule has 1 aromatic heterocycles. The van der Waals surface area contributed by atoms with Crippen LogP contribution < -0.4 is 10.1 Å². The van der Waals surface area contributed by atoms with Crippen molar-refractivity contribution in [2.75, 3.05) is 20.7 Å². The minimum Gasteiger partial charge on any atom is -0.494 e. The molecule has 1 atom stereocenters. The number of carbonyl (C=O) groups excluding carboxylic acids is 2. The minimum absolute atomic E-state index is 0.0320. The Kier molecular flexibility index (Phi) is 6.16. The van der Waals surface area contributed by atoms with Gasteiger partial charge in [-0.3, -0.25) is 9.59 Å². The Morgan fingerprint density at radius 1 is 1.30 bits per heavy atom. The molecule has 0 saturated heterocycles. The molecule has 144 valence electrons. The SMILES string of the molecule is CCOc1cccc(CNC(=O)[C@H]2CCc3sc(C(=O)N(C)C)cc3C2)c1. The van der Waals surface area contributed by atoms with Crippen LogP contribution in [0.1, 0.15) is 39.0 Å². The van der Waals surface area contributed by atoms with Crippen LogP contribution in [0.3, 0.4) is 0 Å². The first kappa shape index (κ1) is 19.4. The van der Waals surface area contributed by atoms with Crippen LogP contribution in [0.4, 0.5) is 0 Å². The fraction of sp³-hybridized carbons (Fsp3) is 0.429. The number of nitrogens with one attached hydrogen (secondary N) is 1. The third-order valence-corrected chi connectivity index (χ3v) is 5.97. The Morgan fingerprint density at radius 2 is 2.11 bits per heavy atom. The van der Waals surface area contributed by atoms with E-state index in [0.29, 0.717) is 19.6 Å². The van der Waals surface area contributed by atoms with Gasteiger partial charge in [-0.05, 0) is 55.5 Å². The second kappa shape index (κ2) is 8.57. The molecule has 2 amide bonds. The number of hydrogen-bond acceptors (Lipinski definition) is 4. The summed E-state index contributed by atoms with van der Waals surface area (Å²) in [5.74, 6) is 0.895. The van der Waals surface area contributed by atoms with E-state index >= 15 is 0 Å². The predicted octanol–water partition coefficient (Wildman–Crippen LogP) is 3.27. The van der Waals surface area contributed by atoms with Crippen LogP contribution in [0.2, 0.25) is 0 Å². The van der Waals surface area contributed by atoms with Gasteiger partial charge in [0.05, 0.1) is 11.5 Å². The van der Waals surface area contributed by atoms with E-state index < -0.39 is 0 Å². The smallest absolute Gasteiger partial charge is 0.263 e. The van der Waals surface area contributed by atoms with Gasteiger partial charge in [0.15, 0.2) is 0 Å². The summed E-state index contributed by atoms with van der Waals surface area (Å²) in [6.45, 7) is 3.07. The van der Waals surface area contributed by atoms with Crippen molar-refractivity contribution in [3.63, 3.8) is 0 Å². The largest absolute Gasteiger partial charge is 0.494 e. The highest BCUT2D eigenvalue weighted by Crippen LogP contribution is 2.33. The maximum atomic E-state index is 12.6. The molecular formula is C21H26N2O3S. The van der Waals surface area contributed by atoms with Gasteiger partial charge in [0.25, 0.3) is 5.91 Å². The number of rotatable bonds is 6. The first-order valence-electron chi connectivity index (χ1n) is 9.30. The second-order valence-electron chi connectivity index (χ2n) is 7.00. The molecule has 2 aromatic rings. The van der Waals surface area contributed by atoms with Crippen LogP contribution in [0.25, 0.3) is 0 Å². The standard InChI is InChI=1S/C21H26N2O3S/c1-4-26-17-7-5-6-14(10-17)13-22-20(24)15-8-9-18-16(11-15)12-19(27-18)21(25)23(2)3/h5-7,10,12,15H,4,8-9,11,13H2,1-3H3,(H,22,24)/t15-/m0/s1. The number of hydrogen-bond donors (Lipinski definition) is 1. The molecule has 0 spiro atoms. The van der Waals surface area contributed by atoms with E-state index in [1.165, 1.54) is 4.88 Å². The molecule has 1 aromatic carbocycles. The molecule has 0 saturated carbocycles. The Bertz CT molecular complexity index is 829. The summed E-state index contributed by atoms with van der Waals surface area (Å²) in [7, 11) is 3.52. The molecule has 27 heavy (non-hydrogen) atoms. The lowest BCUT2D eigenvalue weighted by Gasteiger charge is -2.21. The van der Waals surface area contributed by atoms with Gasteiger partial charge in [0.1, 0.15) is 5.75 Å². The topological polar surface area (TPSA) is 58.6 Å². The van der Waals surface area contributed by atoms with Gasteiger partial charge in [0.2, 0.25) is 5.91 Å². The van der Waals surface area contributed by atoms with E-state index in [2.05, 4.69) is 5.32 Å². The summed E-state index contributed by atoms with van der Waals surface area (Å²) in [6.07, 6.45) is 2.39. The number of aryl methyl sites for hydroxylation is 1. The third kappa shape index (κ3) is 4.69. The van der Waals surface area contributed by atoms with Crippen molar-refractivity contribution in [3.05, 3.63) is 51.2 Å². The van der Waals surface area contributed by atoms with Gasteiger partial charge in [-0.15, -0.1) is 11.3 Å². The molecule has 1 aliphatic carbocycles. The van der Waals surface area contributed by atoms with Crippen molar-refractivity contribution in [1.29, 1.82) is 0 Å². The fourth-order valence-electron chi connectivity index (χ4n) is 3.32. The second-order valence-corrected chi connectivity index (χ2v) is 8.13. The molecular weight excluding hydrogens is 360 g/mol. The van der Waals surface area contributed by atoms with E-state index in [-0.39, 0.29) is 17.7 Å². The normalized spacial score (nSPS) is 15.7. The van der Waals surface area contributed by atoms with E-state index in [0.717, 1.165) is 34.6 Å². The molecule has 0 aliphatic heterocycles. The Morgan fingerprint density at radius 3 is 2.85 bits per heavy atom. The highest BCUT2D eigenvalue weighted by molar-refractivity contribution is 7.14. The Labute approximate surface area is 164 Å². The average Bonchev–Trinajstić information content (AvgIpc) is 3.09. The molecule has 0 fully saturated rings. The van der Waals surface area contributed by atoms with E-state index in [1.54, 1.807) is 30.3 Å². The molecule has 0 radical (unpaired) electrons. The quantitative estimate of drug-likeness (QED) is 0.829. The first-order valence-corrected chi connectivity index (χ1v) is 10.1. The molecule has 0 unspecified atom stereocenters. The number of benzene rings is 1. The predicted molar refractivity (Wildman–Crippen MR) is 107 cm³/mol. The number of nitrogens with zero attached hydrogens (tertiary/aromatic N) is 1. The van der Waals surface area contributed by atoms with E-state index in [4.69, 9.17) is 4.74 Å². The Balaban J connectivity index is 1.59. The molecule has 5 nitrogen and oxygen atoms in total. The lowest BCUT2D eigenvalue weighted by Crippen LogP contribution is -2.33. The molecule has 1 aliphatic rings.